The summed E-state index contributed by atoms with van der Waals surface area (Å²) in [6.45, 7) is -0.159. The molecule has 9 heteroatoms. The maximum atomic E-state index is 12.2. The Labute approximate surface area is 200 Å². The minimum Gasteiger partial charge on any atom is -0.497 e. The van der Waals surface area contributed by atoms with Crippen LogP contribution >= 0.6 is 11.3 Å². The number of rotatable bonds is 8. The van der Waals surface area contributed by atoms with Crippen molar-refractivity contribution >= 4 is 39.4 Å². The van der Waals surface area contributed by atoms with Crippen molar-refractivity contribution in [2.75, 3.05) is 26.1 Å². The van der Waals surface area contributed by atoms with Gasteiger partial charge in [0.15, 0.2) is 18.1 Å². The SMILES string of the molecule is COc1ccc(NC(=O)COc2ccc(C=NN=c3sc4ccccc4n3C)cc2OC)cc1. The number of amides is 1. The molecule has 4 aromatic rings. The summed E-state index contributed by atoms with van der Waals surface area (Å²) in [5.74, 6) is 1.38. The van der Waals surface area contributed by atoms with Gasteiger partial charge in [0.1, 0.15) is 5.75 Å². The molecule has 4 rings (SSSR count). The zero-order valence-electron chi connectivity index (χ0n) is 19.0. The van der Waals surface area contributed by atoms with Crippen LogP contribution in [0.15, 0.2) is 76.9 Å². The number of fused-ring (bicyclic) bond motifs is 1. The van der Waals surface area contributed by atoms with Crippen LogP contribution in [0, 0.1) is 0 Å². The molecular formula is C25H24N4O4S. The molecule has 8 nitrogen and oxygen atoms in total. The predicted octanol–water partition coefficient (Wildman–Crippen LogP) is 4.21. The van der Waals surface area contributed by atoms with Crippen molar-refractivity contribution in [2.24, 2.45) is 17.3 Å². The molecule has 0 saturated carbocycles. The highest BCUT2D eigenvalue weighted by molar-refractivity contribution is 7.16. The molecule has 0 fully saturated rings. The number of nitrogens with one attached hydrogen (secondary N) is 1. The van der Waals surface area contributed by atoms with Gasteiger partial charge in [0, 0.05) is 12.7 Å². The second-order valence-corrected chi connectivity index (χ2v) is 8.24. The Morgan fingerprint density at radius 2 is 1.82 bits per heavy atom. The van der Waals surface area contributed by atoms with Gasteiger partial charge in [-0.3, -0.25) is 4.79 Å². The van der Waals surface area contributed by atoms with Crippen molar-refractivity contribution in [1.82, 2.24) is 4.57 Å². The third-order valence-corrected chi connectivity index (χ3v) is 6.09. The lowest BCUT2D eigenvalue weighted by atomic mass is 10.2. The summed E-state index contributed by atoms with van der Waals surface area (Å²) in [4.78, 5) is 13.0. The monoisotopic (exact) mass is 476 g/mol. The van der Waals surface area contributed by atoms with Gasteiger partial charge in [-0.2, -0.15) is 5.10 Å². The third kappa shape index (κ3) is 5.44. The highest BCUT2D eigenvalue weighted by atomic mass is 32.1. The van der Waals surface area contributed by atoms with E-state index >= 15 is 0 Å². The highest BCUT2D eigenvalue weighted by Gasteiger charge is 2.09. The van der Waals surface area contributed by atoms with Crippen LogP contribution in [0.2, 0.25) is 0 Å². The molecule has 0 radical (unpaired) electrons. The number of hydrogen-bond acceptors (Lipinski definition) is 7. The molecule has 0 saturated heterocycles. The first-order chi connectivity index (χ1) is 16.6. The Bertz CT molecular complexity index is 1390. The van der Waals surface area contributed by atoms with E-state index in [1.807, 2.05) is 29.8 Å². The van der Waals surface area contributed by atoms with Crippen molar-refractivity contribution in [2.45, 2.75) is 0 Å². The number of ether oxygens (including phenoxy) is 3. The molecule has 1 heterocycles. The smallest absolute Gasteiger partial charge is 0.262 e. The predicted molar refractivity (Wildman–Crippen MR) is 134 cm³/mol. The number of hydrogen-bond donors (Lipinski definition) is 1. The molecule has 34 heavy (non-hydrogen) atoms. The number of carbonyl (C=O) groups excluding carboxylic acids is 1. The lowest BCUT2D eigenvalue weighted by molar-refractivity contribution is -0.118. The Balaban J connectivity index is 1.40. The van der Waals surface area contributed by atoms with Crippen molar-refractivity contribution < 1.29 is 19.0 Å². The summed E-state index contributed by atoms with van der Waals surface area (Å²) in [7, 11) is 5.10. The average molecular weight is 477 g/mol. The average Bonchev–Trinajstić information content (AvgIpc) is 3.19. The Morgan fingerprint density at radius 1 is 1.03 bits per heavy atom. The first-order valence-corrected chi connectivity index (χ1v) is 11.3. The van der Waals surface area contributed by atoms with Crippen LogP contribution in [-0.2, 0) is 11.8 Å². The van der Waals surface area contributed by atoms with E-state index in [-0.39, 0.29) is 12.5 Å². The fourth-order valence-electron chi connectivity index (χ4n) is 3.22. The third-order valence-electron chi connectivity index (χ3n) is 4.99. The second kappa shape index (κ2) is 10.7. The molecule has 3 aromatic carbocycles. The van der Waals surface area contributed by atoms with Crippen LogP contribution in [0.25, 0.3) is 10.2 Å². The van der Waals surface area contributed by atoms with E-state index in [1.54, 1.807) is 68.2 Å². The van der Waals surface area contributed by atoms with Gasteiger partial charge in [-0.1, -0.05) is 23.5 Å². The summed E-state index contributed by atoms with van der Waals surface area (Å²) in [6, 6.07) is 20.5. The minimum atomic E-state index is -0.284. The molecule has 1 N–H and O–H groups in total. The number of thiazole rings is 1. The van der Waals surface area contributed by atoms with Gasteiger partial charge in [-0.25, -0.2) is 0 Å². The lowest BCUT2D eigenvalue weighted by Gasteiger charge is -2.11. The molecule has 0 bridgehead atoms. The zero-order valence-corrected chi connectivity index (χ0v) is 19.8. The minimum absolute atomic E-state index is 0.159. The van der Waals surface area contributed by atoms with Crippen molar-refractivity contribution in [3.05, 3.63) is 77.1 Å². The van der Waals surface area contributed by atoms with Crippen LogP contribution in [0.5, 0.6) is 17.2 Å². The van der Waals surface area contributed by atoms with E-state index in [4.69, 9.17) is 14.2 Å². The quantitative estimate of drug-likeness (QED) is 0.305. The molecule has 0 spiro atoms. The zero-order chi connectivity index (χ0) is 23.9. The van der Waals surface area contributed by atoms with Gasteiger partial charge in [0.25, 0.3) is 5.91 Å². The Kier molecular flexibility index (Phi) is 7.24. The first-order valence-electron chi connectivity index (χ1n) is 10.4. The first kappa shape index (κ1) is 23.1. The number of nitrogens with zero attached hydrogens (tertiary/aromatic N) is 3. The standard InChI is InChI=1S/C25H24N4O4S/c1-29-20-6-4-5-7-23(20)34-25(29)28-26-15-17-8-13-21(22(14-17)32-3)33-16-24(30)27-18-9-11-19(31-2)12-10-18/h4-15H,16H2,1-3H3,(H,27,30). The van der Waals surface area contributed by atoms with E-state index in [2.05, 4.69) is 27.7 Å². The van der Waals surface area contributed by atoms with Crippen LogP contribution in [0.3, 0.4) is 0 Å². The van der Waals surface area contributed by atoms with Gasteiger partial charge >= 0.3 is 0 Å². The second-order valence-electron chi connectivity index (χ2n) is 7.23. The van der Waals surface area contributed by atoms with Gasteiger partial charge in [-0.15, -0.1) is 5.10 Å². The number of aryl methyl sites for hydroxylation is 1. The summed E-state index contributed by atoms with van der Waals surface area (Å²) in [6.07, 6.45) is 1.65. The van der Waals surface area contributed by atoms with Gasteiger partial charge in [0.05, 0.1) is 30.7 Å². The van der Waals surface area contributed by atoms with Crippen LogP contribution in [0.4, 0.5) is 5.69 Å². The highest BCUT2D eigenvalue weighted by Crippen LogP contribution is 2.27. The van der Waals surface area contributed by atoms with Crippen molar-refractivity contribution in [3.8, 4) is 17.2 Å². The number of aromatic nitrogens is 1. The molecule has 0 atom stereocenters. The van der Waals surface area contributed by atoms with Crippen molar-refractivity contribution in [3.63, 3.8) is 0 Å². The molecule has 1 amide bonds. The normalized spacial score (nSPS) is 11.7. The van der Waals surface area contributed by atoms with E-state index in [0.717, 1.165) is 20.6 Å². The molecular weight excluding hydrogens is 452 g/mol. The fourth-order valence-corrected chi connectivity index (χ4v) is 4.20. The van der Waals surface area contributed by atoms with Gasteiger partial charge < -0.3 is 24.1 Å². The Hall–Kier alpha value is -4.11. The maximum Gasteiger partial charge on any atom is 0.262 e. The maximum absolute atomic E-state index is 12.2. The van der Waals surface area contributed by atoms with E-state index in [9.17, 15) is 4.79 Å². The van der Waals surface area contributed by atoms with Crippen LogP contribution < -0.4 is 24.3 Å². The van der Waals surface area contributed by atoms with Gasteiger partial charge in [-0.05, 0) is 60.2 Å². The number of benzene rings is 3. The molecule has 1 aromatic heterocycles. The molecule has 0 aliphatic carbocycles. The number of carbonyl (C=O) groups is 1. The molecule has 174 valence electrons. The summed E-state index contributed by atoms with van der Waals surface area (Å²) in [5.41, 5.74) is 2.56. The van der Waals surface area contributed by atoms with Crippen LogP contribution in [0.1, 0.15) is 5.56 Å². The topological polar surface area (TPSA) is 86.4 Å². The Morgan fingerprint density at radius 3 is 2.56 bits per heavy atom. The van der Waals surface area contributed by atoms with Crippen molar-refractivity contribution in [1.29, 1.82) is 0 Å². The number of anilines is 1. The molecule has 0 unspecified atom stereocenters. The largest absolute Gasteiger partial charge is 0.497 e. The van der Waals surface area contributed by atoms with E-state index in [0.29, 0.717) is 22.9 Å². The fraction of sp³-hybridized carbons (Fsp3) is 0.160. The number of methoxy groups -OCH3 is 2. The van der Waals surface area contributed by atoms with Crippen LogP contribution in [-0.4, -0.2) is 37.5 Å². The lowest BCUT2D eigenvalue weighted by Crippen LogP contribution is -2.20. The summed E-state index contributed by atoms with van der Waals surface area (Å²) in [5, 5.41) is 11.3. The molecule has 0 aliphatic heterocycles. The number of para-hydroxylation sites is 1. The van der Waals surface area contributed by atoms with E-state index < -0.39 is 0 Å². The summed E-state index contributed by atoms with van der Waals surface area (Å²) >= 11 is 1.57. The van der Waals surface area contributed by atoms with Gasteiger partial charge in [0.2, 0.25) is 4.80 Å². The summed E-state index contributed by atoms with van der Waals surface area (Å²) < 4.78 is 19.3. The van der Waals surface area contributed by atoms with E-state index in [1.165, 1.54) is 0 Å². The molecule has 0 aliphatic rings.